The number of Topliss-reactive ketones (excluding diaryl/α,β-unsaturated/α-hetero) is 1. The molecule has 0 heterocycles. The molecule has 0 aromatic heterocycles. The van der Waals surface area contributed by atoms with Gasteiger partial charge >= 0.3 is 0 Å². The van der Waals surface area contributed by atoms with Crippen molar-refractivity contribution in [3.8, 4) is 0 Å². The predicted molar refractivity (Wildman–Crippen MR) is 96.2 cm³/mol. The topological polar surface area (TPSA) is 49.3 Å². The van der Waals surface area contributed by atoms with Crippen LogP contribution in [0.15, 0.2) is 54.6 Å². The lowest BCUT2D eigenvalue weighted by molar-refractivity contribution is 0.0972. The van der Waals surface area contributed by atoms with E-state index in [4.69, 9.17) is 0 Å². The van der Waals surface area contributed by atoms with Gasteiger partial charge in [-0.15, -0.1) is 12.4 Å². The van der Waals surface area contributed by atoms with E-state index >= 15 is 0 Å². The lowest BCUT2D eigenvalue weighted by Gasteiger charge is -2.20. The summed E-state index contributed by atoms with van der Waals surface area (Å²) < 4.78 is 0. The zero-order valence-electron chi connectivity index (χ0n) is 13.5. The van der Waals surface area contributed by atoms with Crippen LogP contribution in [0.25, 0.3) is 0 Å². The molecule has 2 atom stereocenters. The zero-order chi connectivity index (χ0) is 15.9. The molecule has 0 saturated carbocycles. The molecule has 2 aromatic rings. The van der Waals surface area contributed by atoms with Gasteiger partial charge in [0.05, 0.1) is 6.10 Å². The molecule has 0 saturated heterocycles. The second-order valence-corrected chi connectivity index (χ2v) is 5.64. The average molecular weight is 334 g/mol. The quantitative estimate of drug-likeness (QED) is 0.759. The summed E-state index contributed by atoms with van der Waals surface area (Å²) in [4.78, 5) is 12.1. The van der Waals surface area contributed by atoms with Gasteiger partial charge in [-0.05, 0) is 19.4 Å². The van der Waals surface area contributed by atoms with Crippen molar-refractivity contribution < 1.29 is 9.90 Å². The second kappa shape index (κ2) is 9.46. The Morgan fingerprint density at radius 2 is 1.70 bits per heavy atom. The number of nitrogens with one attached hydrogen (secondary N) is 1. The molecular formula is C19H24ClNO2. The minimum Gasteiger partial charge on any atom is -0.387 e. The third-order valence-electron chi connectivity index (χ3n) is 3.81. The fourth-order valence-electron chi connectivity index (χ4n) is 2.35. The normalized spacial score (nSPS) is 13.0. The molecule has 0 amide bonds. The first kappa shape index (κ1) is 19.4. The van der Waals surface area contributed by atoms with Crippen LogP contribution in [0, 0.1) is 6.92 Å². The molecule has 0 unspecified atom stereocenters. The minimum absolute atomic E-state index is 0. The van der Waals surface area contributed by atoms with Gasteiger partial charge in [0, 0.05) is 24.6 Å². The van der Waals surface area contributed by atoms with Gasteiger partial charge in [-0.1, -0.05) is 60.2 Å². The molecule has 0 aliphatic rings. The number of aryl methyl sites for hydroxylation is 1. The fourth-order valence-corrected chi connectivity index (χ4v) is 2.35. The maximum Gasteiger partial charge on any atom is 0.164 e. The highest BCUT2D eigenvalue weighted by molar-refractivity contribution is 5.96. The van der Waals surface area contributed by atoms with E-state index in [9.17, 15) is 9.90 Å². The highest BCUT2D eigenvalue weighted by Crippen LogP contribution is 2.16. The summed E-state index contributed by atoms with van der Waals surface area (Å²) in [6.45, 7) is 4.48. The van der Waals surface area contributed by atoms with Crippen LogP contribution in [0.4, 0.5) is 0 Å². The Kier molecular flexibility index (Phi) is 7.96. The van der Waals surface area contributed by atoms with E-state index in [0.29, 0.717) is 13.0 Å². The van der Waals surface area contributed by atoms with Gasteiger partial charge in [0.1, 0.15) is 0 Å². The molecule has 4 heteroatoms. The predicted octanol–water partition coefficient (Wildman–Crippen LogP) is 3.70. The number of carbonyl (C=O) groups is 1. The Balaban J connectivity index is 0.00000264. The molecule has 0 bridgehead atoms. The van der Waals surface area contributed by atoms with E-state index in [1.54, 1.807) is 0 Å². The number of carbonyl (C=O) groups excluding carboxylic acids is 1. The summed E-state index contributed by atoms with van der Waals surface area (Å²) in [5.41, 5.74) is 2.77. The van der Waals surface area contributed by atoms with Crippen molar-refractivity contribution in [3.05, 3.63) is 71.3 Å². The van der Waals surface area contributed by atoms with Crippen molar-refractivity contribution in [2.24, 2.45) is 0 Å². The van der Waals surface area contributed by atoms with Gasteiger partial charge < -0.3 is 10.4 Å². The molecular weight excluding hydrogens is 310 g/mol. The molecule has 0 aliphatic heterocycles. The van der Waals surface area contributed by atoms with Crippen molar-refractivity contribution in [1.82, 2.24) is 5.32 Å². The van der Waals surface area contributed by atoms with Crippen LogP contribution in [-0.2, 0) is 0 Å². The van der Waals surface area contributed by atoms with Crippen molar-refractivity contribution in [1.29, 1.82) is 0 Å². The maximum atomic E-state index is 12.1. The third-order valence-corrected chi connectivity index (χ3v) is 3.81. The molecule has 23 heavy (non-hydrogen) atoms. The number of hydrogen-bond donors (Lipinski definition) is 2. The number of aliphatic hydroxyl groups excluding tert-OH is 1. The highest BCUT2D eigenvalue weighted by atomic mass is 35.5. The van der Waals surface area contributed by atoms with Crippen LogP contribution < -0.4 is 5.32 Å². The van der Waals surface area contributed by atoms with Crippen molar-refractivity contribution in [3.63, 3.8) is 0 Å². The smallest absolute Gasteiger partial charge is 0.164 e. The molecule has 0 spiro atoms. The molecule has 0 aliphatic carbocycles. The Labute approximate surface area is 144 Å². The molecule has 0 fully saturated rings. The highest BCUT2D eigenvalue weighted by Gasteiger charge is 2.15. The Morgan fingerprint density at radius 1 is 1.09 bits per heavy atom. The average Bonchev–Trinajstić information content (AvgIpc) is 2.55. The van der Waals surface area contributed by atoms with Crippen LogP contribution in [-0.4, -0.2) is 23.5 Å². The van der Waals surface area contributed by atoms with Gasteiger partial charge in [0.25, 0.3) is 0 Å². The number of aliphatic hydroxyl groups is 1. The summed E-state index contributed by atoms with van der Waals surface area (Å²) in [6, 6.07) is 17.1. The first-order valence-electron chi connectivity index (χ1n) is 7.64. The van der Waals surface area contributed by atoms with E-state index in [1.807, 2.05) is 68.4 Å². The van der Waals surface area contributed by atoms with E-state index in [0.717, 1.165) is 16.7 Å². The monoisotopic (exact) mass is 333 g/mol. The number of halogens is 1. The van der Waals surface area contributed by atoms with Crippen molar-refractivity contribution >= 4 is 18.2 Å². The third kappa shape index (κ3) is 5.79. The maximum absolute atomic E-state index is 12.1. The van der Waals surface area contributed by atoms with Gasteiger partial charge in [0.15, 0.2) is 5.78 Å². The number of benzene rings is 2. The fraction of sp³-hybridized carbons (Fsp3) is 0.316. The SMILES string of the molecule is Cc1ccc(C(=O)CCN[C@@H](C)[C@H](O)c2ccccc2)cc1.Cl. The molecule has 0 radical (unpaired) electrons. The molecule has 124 valence electrons. The largest absolute Gasteiger partial charge is 0.387 e. The minimum atomic E-state index is -0.573. The molecule has 2 aromatic carbocycles. The van der Waals surface area contributed by atoms with Gasteiger partial charge in [-0.25, -0.2) is 0 Å². The van der Waals surface area contributed by atoms with E-state index < -0.39 is 6.10 Å². The summed E-state index contributed by atoms with van der Waals surface area (Å²) in [5, 5.41) is 13.5. The molecule has 2 rings (SSSR count). The number of rotatable bonds is 7. The van der Waals surface area contributed by atoms with Crippen molar-refractivity contribution in [2.45, 2.75) is 32.4 Å². The summed E-state index contributed by atoms with van der Waals surface area (Å²) in [7, 11) is 0. The van der Waals surface area contributed by atoms with Gasteiger partial charge in [-0.2, -0.15) is 0 Å². The van der Waals surface area contributed by atoms with E-state index in [2.05, 4.69) is 5.32 Å². The van der Waals surface area contributed by atoms with Crippen LogP contribution in [0.3, 0.4) is 0 Å². The van der Waals surface area contributed by atoms with E-state index in [-0.39, 0.29) is 24.2 Å². The Hall–Kier alpha value is -1.68. The van der Waals surface area contributed by atoms with Crippen LogP contribution in [0.1, 0.15) is 40.9 Å². The van der Waals surface area contributed by atoms with Crippen molar-refractivity contribution in [2.75, 3.05) is 6.54 Å². The van der Waals surface area contributed by atoms with Crippen LogP contribution >= 0.6 is 12.4 Å². The van der Waals surface area contributed by atoms with Crippen LogP contribution in [0.2, 0.25) is 0 Å². The number of hydrogen-bond acceptors (Lipinski definition) is 3. The Bertz CT molecular complexity index is 599. The number of ketones is 1. The summed E-state index contributed by atoms with van der Waals surface area (Å²) >= 11 is 0. The second-order valence-electron chi connectivity index (χ2n) is 5.64. The molecule has 2 N–H and O–H groups in total. The van der Waals surface area contributed by atoms with E-state index in [1.165, 1.54) is 0 Å². The van der Waals surface area contributed by atoms with Gasteiger partial charge in [-0.3, -0.25) is 4.79 Å². The summed E-state index contributed by atoms with van der Waals surface area (Å²) in [6.07, 6.45) is -0.148. The lowest BCUT2D eigenvalue weighted by atomic mass is 10.0. The van der Waals surface area contributed by atoms with Crippen LogP contribution in [0.5, 0.6) is 0 Å². The first-order valence-corrected chi connectivity index (χ1v) is 7.64. The zero-order valence-corrected chi connectivity index (χ0v) is 14.3. The Morgan fingerprint density at radius 3 is 2.30 bits per heavy atom. The summed E-state index contributed by atoms with van der Waals surface area (Å²) in [5.74, 6) is 0.119. The molecule has 3 nitrogen and oxygen atoms in total. The lowest BCUT2D eigenvalue weighted by Crippen LogP contribution is -2.33. The van der Waals surface area contributed by atoms with Gasteiger partial charge in [0.2, 0.25) is 0 Å². The standard InChI is InChI=1S/C19H23NO2.ClH/c1-14-8-10-16(11-9-14)18(21)12-13-20-15(2)19(22)17-6-4-3-5-7-17;/h3-11,15,19-20,22H,12-13H2,1-2H3;1H/t15-,19-;/m0./s1. The first-order chi connectivity index (χ1) is 10.6.